The Hall–Kier alpha value is -4.05. The maximum atomic E-state index is 14.3. The molecule has 4 aromatic rings. The van der Waals surface area contributed by atoms with Crippen LogP contribution in [0.3, 0.4) is 0 Å². The second kappa shape index (κ2) is 9.78. The summed E-state index contributed by atoms with van der Waals surface area (Å²) in [5.74, 6) is -1.67. The zero-order valence-corrected chi connectivity index (χ0v) is 21.1. The summed E-state index contributed by atoms with van der Waals surface area (Å²) in [5.41, 5.74) is -0.208. The highest BCUT2D eigenvalue weighted by Crippen LogP contribution is 2.30. The van der Waals surface area contributed by atoms with Crippen molar-refractivity contribution in [3.8, 4) is 17.1 Å². The predicted molar refractivity (Wildman–Crippen MR) is 135 cm³/mol. The second-order valence-electron chi connectivity index (χ2n) is 9.67. The van der Waals surface area contributed by atoms with E-state index in [1.165, 1.54) is 68.1 Å². The van der Waals surface area contributed by atoms with Crippen molar-refractivity contribution in [1.29, 1.82) is 0 Å². The van der Waals surface area contributed by atoms with Crippen molar-refractivity contribution in [2.45, 2.75) is 45.3 Å². The normalized spacial score (nSPS) is 12.7. The monoisotopic (exact) mass is 510 g/mol. The van der Waals surface area contributed by atoms with E-state index in [0.29, 0.717) is 16.7 Å². The molecule has 194 valence electrons. The number of nitrogens with one attached hydrogen (secondary N) is 2. The van der Waals surface area contributed by atoms with Crippen molar-refractivity contribution in [2.75, 3.05) is 7.11 Å². The van der Waals surface area contributed by atoms with Gasteiger partial charge in [0.1, 0.15) is 11.3 Å². The fourth-order valence-electron chi connectivity index (χ4n) is 4.35. The third-order valence-electron chi connectivity index (χ3n) is 6.11. The molecular formula is C27H28F2N4O4. The van der Waals surface area contributed by atoms with E-state index >= 15 is 0 Å². The number of rotatable bonds is 7. The molecule has 1 amide bonds. The summed E-state index contributed by atoms with van der Waals surface area (Å²) in [4.78, 5) is 29.3. The van der Waals surface area contributed by atoms with Gasteiger partial charge in [-0.1, -0.05) is 26.0 Å². The van der Waals surface area contributed by atoms with Gasteiger partial charge in [0.15, 0.2) is 17.4 Å². The van der Waals surface area contributed by atoms with Crippen LogP contribution in [0.15, 0.2) is 53.5 Å². The van der Waals surface area contributed by atoms with Crippen molar-refractivity contribution in [3.05, 3.63) is 87.3 Å². The molecular weight excluding hydrogens is 482 g/mol. The summed E-state index contributed by atoms with van der Waals surface area (Å²) in [7, 11) is 1.35. The molecule has 10 heteroatoms. The number of halogens is 2. The van der Waals surface area contributed by atoms with Crippen molar-refractivity contribution in [1.82, 2.24) is 19.9 Å². The molecule has 0 aliphatic heterocycles. The van der Waals surface area contributed by atoms with E-state index in [1.54, 1.807) is 6.07 Å². The van der Waals surface area contributed by atoms with Crippen LogP contribution >= 0.6 is 0 Å². The van der Waals surface area contributed by atoms with E-state index in [0.717, 1.165) is 0 Å². The van der Waals surface area contributed by atoms with Crippen LogP contribution in [-0.4, -0.2) is 38.3 Å². The second-order valence-corrected chi connectivity index (χ2v) is 9.67. The number of hydrogen-bond donors (Lipinski definition) is 3. The highest BCUT2D eigenvalue weighted by molar-refractivity contribution is 5.98. The first-order valence-electron chi connectivity index (χ1n) is 11.7. The van der Waals surface area contributed by atoms with Crippen molar-refractivity contribution in [3.63, 3.8) is 0 Å². The smallest absolute Gasteiger partial charge is 0.275 e. The summed E-state index contributed by atoms with van der Waals surface area (Å²) in [6.45, 7) is 6.75. The Labute approximate surface area is 211 Å². The number of aromatic nitrogens is 3. The number of H-pyrrole nitrogens is 1. The van der Waals surface area contributed by atoms with Crippen LogP contribution in [0.1, 0.15) is 61.1 Å². The maximum Gasteiger partial charge on any atom is 0.275 e. The molecule has 0 bridgehead atoms. The average molecular weight is 511 g/mol. The van der Waals surface area contributed by atoms with Gasteiger partial charge in [-0.05, 0) is 55.7 Å². The van der Waals surface area contributed by atoms with Gasteiger partial charge >= 0.3 is 0 Å². The van der Waals surface area contributed by atoms with E-state index < -0.39 is 34.7 Å². The van der Waals surface area contributed by atoms with Crippen molar-refractivity contribution >= 4 is 11.4 Å². The zero-order valence-electron chi connectivity index (χ0n) is 21.1. The molecule has 4 rings (SSSR count). The molecule has 8 nitrogen and oxygen atoms in total. The Bertz CT molecular complexity index is 1520. The molecule has 3 N–H and O–H groups in total. The minimum Gasteiger partial charge on any atom is -0.494 e. The molecule has 2 heterocycles. The largest absolute Gasteiger partial charge is 0.494 e. The number of benzene rings is 2. The Morgan fingerprint density at radius 3 is 2.41 bits per heavy atom. The predicted octanol–water partition coefficient (Wildman–Crippen LogP) is 4.34. The molecule has 0 spiro atoms. The van der Waals surface area contributed by atoms with Crippen LogP contribution in [0.25, 0.3) is 16.9 Å². The Balaban J connectivity index is 1.80. The van der Waals surface area contributed by atoms with E-state index in [-0.39, 0.29) is 28.6 Å². The average Bonchev–Trinajstić information content (AvgIpc) is 3.23. The number of amides is 1. The minimum absolute atomic E-state index is 0.0525. The number of aliphatic hydroxyl groups is 1. The van der Waals surface area contributed by atoms with Crippen LogP contribution in [0.2, 0.25) is 0 Å². The van der Waals surface area contributed by atoms with Gasteiger partial charge < -0.3 is 20.1 Å². The third kappa shape index (κ3) is 5.10. The summed E-state index contributed by atoms with van der Waals surface area (Å²) in [6, 6.07) is 8.79. The van der Waals surface area contributed by atoms with Gasteiger partial charge in [0.05, 0.1) is 24.3 Å². The summed E-state index contributed by atoms with van der Waals surface area (Å²) >= 11 is 0. The molecule has 2 aromatic heterocycles. The lowest BCUT2D eigenvalue weighted by molar-refractivity contribution is 0.0343. The van der Waals surface area contributed by atoms with Crippen molar-refractivity contribution < 1.29 is 23.4 Å². The number of hydrogen-bond acceptors (Lipinski definition) is 5. The fourth-order valence-corrected chi connectivity index (χ4v) is 4.35. The molecule has 0 saturated heterocycles. The molecule has 0 radical (unpaired) electrons. The lowest BCUT2D eigenvalue weighted by Crippen LogP contribution is -2.42. The molecule has 0 aliphatic carbocycles. The fraction of sp³-hybridized carbons (Fsp3) is 0.296. The SMILES string of the molecule is COc1ccc(-c2nn3cc(C(=O)N[C@@H](c4ccc(F)cc4)C(C)(C)O)c(C(C)C)c3c(=O)[nH]2)cc1F. The first-order chi connectivity index (χ1) is 17.4. The first kappa shape index (κ1) is 26.0. The van der Waals surface area contributed by atoms with E-state index in [2.05, 4.69) is 15.4 Å². The molecule has 0 saturated carbocycles. The van der Waals surface area contributed by atoms with E-state index in [9.17, 15) is 23.5 Å². The van der Waals surface area contributed by atoms with Gasteiger partial charge in [-0.2, -0.15) is 0 Å². The van der Waals surface area contributed by atoms with Gasteiger partial charge in [0.2, 0.25) is 0 Å². The lowest BCUT2D eigenvalue weighted by atomic mass is 9.91. The number of carbonyl (C=O) groups excluding carboxylic acids is 1. The summed E-state index contributed by atoms with van der Waals surface area (Å²) in [5, 5.41) is 18.0. The van der Waals surface area contributed by atoms with Gasteiger partial charge in [0.25, 0.3) is 11.5 Å². The molecule has 2 aromatic carbocycles. The Morgan fingerprint density at radius 2 is 1.84 bits per heavy atom. The van der Waals surface area contributed by atoms with Crippen LogP contribution in [-0.2, 0) is 0 Å². The number of methoxy groups -OCH3 is 1. The molecule has 0 aliphatic rings. The lowest BCUT2D eigenvalue weighted by Gasteiger charge is -2.30. The number of fused-ring (bicyclic) bond motifs is 1. The van der Waals surface area contributed by atoms with Crippen LogP contribution in [0, 0.1) is 11.6 Å². The number of carbonyl (C=O) groups is 1. The van der Waals surface area contributed by atoms with Gasteiger partial charge in [-0.25, -0.2) is 13.3 Å². The number of ether oxygens (including phenoxy) is 1. The Kier molecular flexibility index (Phi) is 6.88. The summed E-state index contributed by atoms with van der Waals surface area (Å²) < 4.78 is 34.0. The summed E-state index contributed by atoms with van der Waals surface area (Å²) in [6.07, 6.45) is 1.44. The molecule has 0 unspecified atom stereocenters. The molecule has 1 atom stereocenters. The minimum atomic E-state index is -1.38. The highest BCUT2D eigenvalue weighted by atomic mass is 19.1. The molecule has 0 fully saturated rings. The van der Waals surface area contributed by atoms with E-state index in [4.69, 9.17) is 4.74 Å². The van der Waals surface area contributed by atoms with Gasteiger partial charge in [-0.15, -0.1) is 5.10 Å². The first-order valence-corrected chi connectivity index (χ1v) is 11.7. The van der Waals surface area contributed by atoms with Gasteiger partial charge in [-0.3, -0.25) is 9.59 Å². The standard InChI is InChI=1S/C27H28F2N4O4/c1-14(2)21-18(25(34)30-23(27(3,4)36)15-6-9-17(28)10-7-15)13-33-22(21)26(35)31-24(32-33)16-8-11-20(37-5)19(29)12-16/h6-14,23,36H,1-5H3,(H,30,34)(H,31,32,35)/t23-/m0/s1. The Morgan fingerprint density at radius 1 is 1.16 bits per heavy atom. The molecule has 37 heavy (non-hydrogen) atoms. The topological polar surface area (TPSA) is 109 Å². The zero-order chi connectivity index (χ0) is 27.1. The van der Waals surface area contributed by atoms with Crippen LogP contribution in [0.4, 0.5) is 8.78 Å². The quantitative estimate of drug-likeness (QED) is 0.343. The third-order valence-corrected chi connectivity index (χ3v) is 6.11. The van der Waals surface area contributed by atoms with Gasteiger partial charge in [0, 0.05) is 17.3 Å². The number of aromatic amines is 1. The van der Waals surface area contributed by atoms with Crippen molar-refractivity contribution in [2.24, 2.45) is 0 Å². The maximum absolute atomic E-state index is 14.3. The highest BCUT2D eigenvalue weighted by Gasteiger charge is 2.32. The number of nitrogens with zero attached hydrogens (tertiary/aromatic N) is 2. The van der Waals surface area contributed by atoms with Crippen LogP contribution < -0.4 is 15.6 Å². The van der Waals surface area contributed by atoms with Crippen LogP contribution in [0.5, 0.6) is 5.75 Å². The van der Waals surface area contributed by atoms with E-state index in [1.807, 2.05) is 13.8 Å².